The number of halogens is 1. The fourth-order valence-corrected chi connectivity index (χ4v) is 1.81. The Morgan fingerprint density at radius 2 is 2.20 bits per heavy atom. The molecule has 0 unspecified atom stereocenters. The van der Waals surface area contributed by atoms with Crippen molar-refractivity contribution in [1.29, 1.82) is 0 Å². The largest absolute Gasteiger partial charge is 0.396 e. The number of aliphatic hydroxyl groups excluding tert-OH is 1. The Bertz CT molecular complexity index is 469. The first-order valence-corrected chi connectivity index (χ1v) is 6.75. The minimum Gasteiger partial charge on any atom is -0.396 e. The molecule has 2 N–H and O–H groups in total. The lowest BCUT2D eigenvalue weighted by atomic mass is 9.88. The van der Waals surface area contributed by atoms with E-state index in [-0.39, 0.29) is 23.7 Å². The van der Waals surface area contributed by atoms with E-state index in [1.165, 1.54) is 18.2 Å². The molecule has 0 bridgehead atoms. The van der Waals surface area contributed by atoms with Gasteiger partial charge in [-0.3, -0.25) is 4.79 Å². The van der Waals surface area contributed by atoms with Crippen LogP contribution in [0.25, 0.3) is 6.08 Å². The van der Waals surface area contributed by atoms with Gasteiger partial charge in [0.2, 0.25) is 5.91 Å². The molecule has 20 heavy (non-hydrogen) atoms. The zero-order valence-corrected chi connectivity index (χ0v) is 12.0. The minimum atomic E-state index is -0.322. The van der Waals surface area contributed by atoms with Crippen molar-refractivity contribution >= 4 is 12.0 Å². The summed E-state index contributed by atoms with van der Waals surface area (Å²) >= 11 is 0. The second-order valence-electron chi connectivity index (χ2n) is 5.60. The molecule has 0 aliphatic carbocycles. The predicted octanol–water partition coefficient (Wildman–Crippen LogP) is 2.75. The van der Waals surface area contributed by atoms with Crippen LogP contribution in [-0.2, 0) is 4.79 Å². The summed E-state index contributed by atoms with van der Waals surface area (Å²) in [6.07, 6.45) is 4.55. The SMILES string of the molecule is CC(C)(CCCO)CNC(=O)/C=C/c1cccc(F)c1. The van der Waals surface area contributed by atoms with E-state index in [9.17, 15) is 9.18 Å². The van der Waals surface area contributed by atoms with E-state index in [4.69, 9.17) is 5.11 Å². The molecule has 0 aromatic heterocycles. The molecule has 0 aliphatic heterocycles. The summed E-state index contributed by atoms with van der Waals surface area (Å²) in [7, 11) is 0. The molecule has 0 atom stereocenters. The van der Waals surface area contributed by atoms with E-state index >= 15 is 0 Å². The molecule has 110 valence electrons. The van der Waals surface area contributed by atoms with Crippen LogP contribution in [0.3, 0.4) is 0 Å². The highest BCUT2D eigenvalue weighted by atomic mass is 19.1. The van der Waals surface area contributed by atoms with Crippen molar-refractivity contribution in [1.82, 2.24) is 5.32 Å². The van der Waals surface area contributed by atoms with Crippen molar-refractivity contribution in [2.75, 3.05) is 13.2 Å². The molecule has 0 fully saturated rings. The number of hydrogen-bond acceptors (Lipinski definition) is 2. The molecule has 0 spiro atoms. The molecule has 1 aromatic carbocycles. The molecule has 3 nitrogen and oxygen atoms in total. The standard InChI is InChI=1S/C16H22FNO2/c1-16(2,9-4-10-19)12-18-15(20)8-7-13-5-3-6-14(17)11-13/h3,5-8,11,19H,4,9-10,12H2,1-2H3,(H,18,20)/b8-7+. The Morgan fingerprint density at radius 3 is 2.85 bits per heavy atom. The molecule has 0 saturated carbocycles. The average Bonchev–Trinajstić information content (AvgIpc) is 2.41. The maximum absolute atomic E-state index is 13.0. The van der Waals surface area contributed by atoms with Crippen LogP contribution in [0.4, 0.5) is 4.39 Å². The van der Waals surface area contributed by atoms with Gasteiger partial charge in [-0.1, -0.05) is 26.0 Å². The molecular formula is C16H22FNO2. The van der Waals surface area contributed by atoms with Crippen molar-refractivity contribution in [2.24, 2.45) is 5.41 Å². The van der Waals surface area contributed by atoms with E-state index in [0.717, 1.165) is 12.8 Å². The summed E-state index contributed by atoms with van der Waals surface area (Å²) in [4.78, 5) is 11.7. The van der Waals surface area contributed by atoms with Gasteiger partial charge in [-0.05, 0) is 42.0 Å². The number of benzene rings is 1. The first kappa shape index (κ1) is 16.4. The normalized spacial score (nSPS) is 11.8. The van der Waals surface area contributed by atoms with Crippen LogP contribution in [0, 0.1) is 11.2 Å². The number of aliphatic hydroxyl groups is 1. The molecule has 1 rings (SSSR count). The number of carbonyl (C=O) groups is 1. The molecule has 0 radical (unpaired) electrons. The third kappa shape index (κ3) is 6.48. The predicted molar refractivity (Wildman–Crippen MR) is 78.5 cm³/mol. The van der Waals surface area contributed by atoms with Crippen molar-refractivity contribution in [2.45, 2.75) is 26.7 Å². The lowest BCUT2D eigenvalue weighted by Gasteiger charge is -2.24. The number of hydrogen-bond donors (Lipinski definition) is 2. The summed E-state index contributed by atoms with van der Waals surface area (Å²) < 4.78 is 13.0. The second kappa shape index (κ2) is 7.80. The van der Waals surface area contributed by atoms with E-state index < -0.39 is 0 Å². The summed E-state index contributed by atoms with van der Waals surface area (Å²) in [6, 6.07) is 6.07. The molecule has 1 amide bonds. The average molecular weight is 279 g/mol. The monoisotopic (exact) mass is 279 g/mol. The fraction of sp³-hybridized carbons (Fsp3) is 0.438. The Hall–Kier alpha value is -1.68. The zero-order chi connectivity index (χ0) is 15.0. The van der Waals surface area contributed by atoms with Gasteiger partial charge in [0.15, 0.2) is 0 Å². The number of nitrogens with one attached hydrogen (secondary N) is 1. The maximum Gasteiger partial charge on any atom is 0.244 e. The van der Waals surface area contributed by atoms with E-state index in [2.05, 4.69) is 5.32 Å². The Kier molecular flexibility index (Phi) is 6.39. The number of carbonyl (C=O) groups excluding carboxylic acids is 1. The van der Waals surface area contributed by atoms with Crippen molar-refractivity contribution in [3.63, 3.8) is 0 Å². The summed E-state index contributed by atoms with van der Waals surface area (Å²) in [5.41, 5.74) is 0.602. The van der Waals surface area contributed by atoms with E-state index in [1.807, 2.05) is 13.8 Å². The topological polar surface area (TPSA) is 49.3 Å². The van der Waals surface area contributed by atoms with Crippen LogP contribution < -0.4 is 5.32 Å². The van der Waals surface area contributed by atoms with Gasteiger partial charge in [-0.15, -0.1) is 0 Å². The van der Waals surface area contributed by atoms with Crippen LogP contribution in [0.1, 0.15) is 32.3 Å². The first-order valence-electron chi connectivity index (χ1n) is 6.75. The van der Waals surface area contributed by atoms with Crippen LogP contribution in [0.2, 0.25) is 0 Å². The lowest BCUT2D eigenvalue weighted by Crippen LogP contribution is -2.33. The molecule has 1 aromatic rings. The maximum atomic E-state index is 13.0. The van der Waals surface area contributed by atoms with Gasteiger partial charge in [-0.25, -0.2) is 4.39 Å². The highest BCUT2D eigenvalue weighted by molar-refractivity contribution is 5.91. The number of rotatable bonds is 7. The van der Waals surface area contributed by atoms with Gasteiger partial charge in [0.1, 0.15) is 5.82 Å². The molecule has 0 heterocycles. The number of amides is 1. The lowest BCUT2D eigenvalue weighted by molar-refractivity contribution is -0.116. The fourth-order valence-electron chi connectivity index (χ4n) is 1.81. The van der Waals surface area contributed by atoms with E-state index in [0.29, 0.717) is 12.1 Å². The molecule has 0 aliphatic rings. The smallest absolute Gasteiger partial charge is 0.244 e. The van der Waals surface area contributed by atoms with Gasteiger partial charge >= 0.3 is 0 Å². The van der Waals surface area contributed by atoms with Crippen LogP contribution in [-0.4, -0.2) is 24.2 Å². The van der Waals surface area contributed by atoms with Crippen molar-refractivity contribution in [3.8, 4) is 0 Å². The summed E-state index contributed by atoms with van der Waals surface area (Å²) in [5.74, 6) is -0.524. The second-order valence-corrected chi connectivity index (χ2v) is 5.60. The van der Waals surface area contributed by atoms with Gasteiger partial charge in [0.05, 0.1) is 0 Å². The third-order valence-electron chi connectivity index (χ3n) is 3.03. The van der Waals surface area contributed by atoms with E-state index in [1.54, 1.807) is 18.2 Å². The first-order chi connectivity index (χ1) is 9.43. The van der Waals surface area contributed by atoms with Gasteiger partial charge < -0.3 is 10.4 Å². The van der Waals surface area contributed by atoms with Crippen molar-refractivity contribution < 1.29 is 14.3 Å². The van der Waals surface area contributed by atoms with Gasteiger partial charge in [0, 0.05) is 19.2 Å². The molecule has 0 saturated heterocycles. The molecule has 4 heteroatoms. The van der Waals surface area contributed by atoms with Crippen LogP contribution >= 0.6 is 0 Å². The zero-order valence-electron chi connectivity index (χ0n) is 12.0. The Morgan fingerprint density at radius 1 is 1.45 bits per heavy atom. The molecular weight excluding hydrogens is 257 g/mol. The van der Waals surface area contributed by atoms with Crippen LogP contribution in [0.15, 0.2) is 30.3 Å². The highest BCUT2D eigenvalue weighted by Crippen LogP contribution is 2.20. The van der Waals surface area contributed by atoms with Crippen molar-refractivity contribution in [3.05, 3.63) is 41.7 Å². The highest BCUT2D eigenvalue weighted by Gasteiger charge is 2.17. The quantitative estimate of drug-likeness (QED) is 0.754. The van der Waals surface area contributed by atoms with Crippen LogP contribution in [0.5, 0.6) is 0 Å². The van der Waals surface area contributed by atoms with Gasteiger partial charge in [0.25, 0.3) is 0 Å². The van der Waals surface area contributed by atoms with Gasteiger partial charge in [-0.2, -0.15) is 0 Å². The summed E-state index contributed by atoms with van der Waals surface area (Å²) in [5, 5.41) is 11.6. The summed E-state index contributed by atoms with van der Waals surface area (Å²) in [6.45, 7) is 4.79. The minimum absolute atomic E-state index is 0.0505. The third-order valence-corrected chi connectivity index (χ3v) is 3.03. The Balaban J connectivity index is 2.44. The Labute approximate surface area is 119 Å².